The maximum atomic E-state index is 12.1. The molecule has 3 amide bonds. The lowest BCUT2D eigenvalue weighted by Crippen LogP contribution is -2.41. The molecule has 100 valence electrons. The van der Waals surface area contributed by atoms with Crippen LogP contribution in [0.15, 0.2) is 0 Å². The van der Waals surface area contributed by atoms with Crippen molar-refractivity contribution in [2.45, 2.75) is 26.2 Å². The number of amides is 3. The van der Waals surface area contributed by atoms with Crippen LogP contribution < -0.4 is 5.43 Å². The summed E-state index contributed by atoms with van der Waals surface area (Å²) in [5.41, 5.74) is 2.41. The first-order chi connectivity index (χ1) is 8.49. The standard InChI is InChI=1S/C12H19N3O3/c1-8-4-3-5-15(7-8)10(16)6-9-11(17)13-14(2)12(9)18/h8-9H,3-7H2,1-2H3,(H,13,17). The summed E-state index contributed by atoms with van der Waals surface area (Å²) in [6.07, 6.45) is 2.12. The van der Waals surface area contributed by atoms with Gasteiger partial charge in [-0.2, -0.15) is 0 Å². The van der Waals surface area contributed by atoms with Crippen LogP contribution >= 0.6 is 0 Å². The topological polar surface area (TPSA) is 69.7 Å². The number of hydrazine groups is 1. The number of piperidine rings is 1. The van der Waals surface area contributed by atoms with E-state index in [9.17, 15) is 14.4 Å². The Balaban J connectivity index is 1.95. The summed E-state index contributed by atoms with van der Waals surface area (Å²) in [6, 6.07) is 0. The Morgan fingerprint density at radius 1 is 1.44 bits per heavy atom. The smallest absolute Gasteiger partial charge is 0.253 e. The Morgan fingerprint density at radius 2 is 2.17 bits per heavy atom. The first-order valence-corrected chi connectivity index (χ1v) is 6.35. The highest BCUT2D eigenvalue weighted by Gasteiger charge is 2.39. The molecule has 0 spiro atoms. The van der Waals surface area contributed by atoms with Crippen LogP contribution in [-0.2, 0) is 14.4 Å². The molecule has 2 atom stereocenters. The molecule has 6 heteroatoms. The number of nitrogens with zero attached hydrogens (tertiary/aromatic N) is 2. The van der Waals surface area contributed by atoms with Gasteiger partial charge in [-0.3, -0.25) is 24.8 Å². The summed E-state index contributed by atoms with van der Waals surface area (Å²) < 4.78 is 0. The molecule has 2 aliphatic heterocycles. The summed E-state index contributed by atoms with van der Waals surface area (Å²) in [6.45, 7) is 3.58. The molecule has 0 aliphatic carbocycles. The lowest BCUT2D eigenvalue weighted by Gasteiger charge is -2.31. The SMILES string of the molecule is CC1CCCN(C(=O)CC2C(=O)NN(C)C2=O)C1. The van der Waals surface area contributed by atoms with E-state index in [1.807, 2.05) is 0 Å². The molecule has 1 N–H and O–H groups in total. The van der Waals surface area contributed by atoms with E-state index in [-0.39, 0.29) is 24.1 Å². The van der Waals surface area contributed by atoms with E-state index in [4.69, 9.17) is 0 Å². The molecule has 6 nitrogen and oxygen atoms in total. The van der Waals surface area contributed by atoms with Gasteiger partial charge in [-0.25, -0.2) is 0 Å². The molecule has 2 fully saturated rings. The van der Waals surface area contributed by atoms with Gasteiger partial charge in [0.25, 0.3) is 11.8 Å². The summed E-state index contributed by atoms with van der Waals surface area (Å²) >= 11 is 0. The number of carbonyl (C=O) groups is 3. The van der Waals surface area contributed by atoms with Crippen molar-refractivity contribution in [1.82, 2.24) is 15.3 Å². The predicted molar refractivity (Wildman–Crippen MR) is 64.0 cm³/mol. The quantitative estimate of drug-likeness (QED) is 0.690. The van der Waals surface area contributed by atoms with Crippen LogP contribution in [0.5, 0.6) is 0 Å². The van der Waals surface area contributed by atoms with Crippen molar-refractivity contribution < 1.29 is 14.4 Å². The minimum atomic E-state index is -0.847. The van der Waals surface area contributed by atoms with Crippen LogP contribution in [0, 0.1) is 11.8 Å². The van der Waals surface area contributed by atoms with Gasteiger partial charge in [0.05, 0.1) is 0 Å². The van der Waals surface area contributed by atoms with Crippen LogP contribution in [0.2, 0.25) is 0 Å². The van der Waals surface area contributed by atoms with Crippen LogP contribution in [0.4, 0.5) is 0 Å². The van der Waals surface area contributed by atoms with E-state index in [1.54, 1.807) is 4.90 Å². The van der Waals surface area contributed by atoms with Gasteiger partial charge < -0.3 is 4.90 Å². The first-order valence-electron chi connectivity index (χ1n) is 6.35. The number of hydrogen-bond acceptors (Lipinski definition) is 3. The molecule has 0 aromatic carbocycles. The van der Waals surface area contributed by atoms with Gasteiger partial charge in [0.15, 0.2) is 0 Å². The van der Waals surface area contributed by atoms with Crippen molar-refractivity contribution in [2.75, 3.05) is 20.1 Å². The number of hydrogen-bond donors (Lipinski definition) is 1. The molecule has 0 radical (unpaired) electrons. The minimum absolute atomic E-state index is 0.0122. The molecular formula is C12H19N3O3. The monoisotopic (exact) mass is 253 g/mol. The summed E-state index contributed by atoms with van der Waals surface area (Å²) in [7, 11) is 1.49. The fourth-order valence-corrected chi connectivity index (χ4v) is 2.54. The predicted octanol–water partition coefficient (Wildman–Crippen LogP) is -0.246. The molecule has 0 aromatic heterocycles. The normalized spacial score (nSPS) is 28.6. The third kappa shape index (κ3) is 2.47. The number of likely N-dealkylation sites (tertiary alicyclic amines) is 1. The second-order valence-corrected chi connectivity index (χ2v) is 5.22. The Kier molecular flexibility index (Phi) is 3.54. The third-order valence-electron chi connectivity index (χ3n) is 3.61. The molecule has 0 bridgehead atoms. The zero-order chi connectivity index (χ0) is 13.3. The number of carbonyl (C=O) groups excluding carboxylic acids is 3. The third-order valence-corrected chi connectivity index (χ3v) is 3.61. The van der Waals surface area contributed by atoms with Gasteiger partial charge >= 0.3 is 0 Å². The average Bonchev–Trinajstić information content (AvgIpc) is 2.56. The lowest BCUT2D eigenvalue weighted by atomic mass is 9.98. The number of rotatable bonds is 2. The highest BCUT2D eigenvalue weighted by Crippen LogP contribution is 2.19. The Labute approximate surface area is 106 Å². The van der Waals surface area contributed by atoms with E-state index in [2.05, 4.69) is 12.3 Å². The average molecular weight is 253 g/mol. The molecular weight excluding hydrogens is 234 g/mol. The summed E-state index contributed by atoms with van der Waals surface area (Å²) in [5.74, 6) is -1.14. The Morgan fingerprint density at radius 3 is 2.72 bits per heavy atom. The van der Waals surface area contributed by atoms with Crippen molar-refractivity contribution in [1.29, 1.82) is 0 Å². The molecule has 2 saturated heterocycles. The highest BCUT2D eigenvalue weighted by atomic mass is 16.2. The van der Waals surface area contributed by atoms with Gasteiger partial charge in [-0.1, -0.05) is 6.92 Å². The van der Waals surface area contributed by atoms with Crippen LogP contribution in [0.1, 0.15) is 26.2 Å². The van der Waals surface area contributed by atoms with Crippen LogP contribution in [-0.4, -0.2) is 47.8 Å². The fraction of sp³-hybridized carbons (Fsp3) is 0.750. The van der Waals surface area contributed by atoms with Crippen molar-refractivity contribution >= 4 is 17.7 Å². The maximum absolute atomic E-state index is 12.1. The molecule has 0 saturated carbocycles. The van der Waals surface area contributed by atoms with Crippen LogP contribution in [0.25, 0.3) is 0 Å². The van der Waals surface area contributed by atoms with Crippen molar-refractivity contribution in [2.24, 2.45) is 11.8 Å². The maximum Gasteiger partial charge on any atom is 0.253 e. The molecule has 2 heterocycles. The van der Waals surface area contributed by atoms with Gasteiger partial charge in [0.1, 0.15) is 5.92 Å². The van der Waals surface area contributed by atoms with Gasteiger partial charge in [0, 0.05) is 26.6 Å². The molecule has 2 aliphatic rings. The van der Waals surface area contributed by atoms with Gasteiger partial charge in [-0.15, -0.1) is 0 Å². The van der Waals surface area contributed by atoms with Crippen molar-refractivity contribution in [3.8, 4) is 0 Å². The lowest BCUT2D eigenvalue weighted by molar-refractivity contribution is -0.140. The van der Waals surface area contributed by atoms with Crippen molar-refractivity contribution in [3.05, 3.63) is 0 Å². The first kappa shape index (κ1) is 12.9. The molecule has 2 unspecified atom stereocenters. The van der Waals surface area contributed by atoms with Gasteiger partial charge in [-0.05, 0) is 18.8 Å². The number of nitrogens with one attached hydrogen (secondary N) is 1. The minimum Gasteiger partial charge on any atom is -0.342 e. The second kappa shape index (κ2) is 4.96. The van der Waals surface area contributed by atoms with E-state index >= 15 is 0 Å². The summed E-state index contributed by atoms with van der Waals surface area (Å²) in [5, 5.41) is 1.15. The van der Waals surface area contributed by atoms with E-state index in [0.29, 0.717) is 5.92 Å². The second-order valence-electron chi connectivity index (χ2n) is 5.22. The molecule has 18 heavy (non-hydrogen) atoms. The zero-order valence-electron chi connectivity index (χ0n) is 10.8. The Hall–Kier alpha value is -1.59. The summed E-state index contributed by atoms with van der Waals surface area (Å²) in [4.78, 5) is 37.0. The van der Waals surface area contributed by atoms with Crippen molar-refractivity contribution in [3.63, 3.8) is 0 Å². The van der Waals surface area contributed by atoms with Crippen LogP contribution in [0.3, 0.4) is 0 Å². The Bertz CT molecular complexity index is 383. The van der Waals surface area contributed by atoms with Gasteiger partial charge in [0.2, 0.25) is 5.91 Å². The van der Waals surface area contributed by atoms with E-state index in [1.165, 1.54) is 7.05 Å². The molecule has 2 rings (SSSR count). The van der Waals surface area contributed by atoms with E-state index < -0.39 is 5.92 Å². The zero-order valence-corrected chi connectivity index (χ0v) is 10.8. The van der Waals surface area contributed by atoms with E-state index in [0.717, 1.165) is 30.9 Å². The largest absolute Gasteiger partial charge is 0.342 e. The fourth-order valence-electron chi connectivity index (χ4n) is 2.54. The highest BCUT2D eigenvalue weighted by molar-refractivity contribution is 6.07. The molecule has 0 aromatic rings.